The van der Waals surface area contributed by atoms with Crippen LogP contribution in [0.15, 0.2) is 0 Å². The lowest BCUT2D eigenvalue weighted by atomic mass is 9.92. The van der Waals surface area contributed by atoms with E-state index in [4.69, 9.17) is 5.11 Å². The number of fused-ring (bicyclic) bond motifs is 2. The van der Waals surface area contributed by atoms with Gasteiger partial charge in [-0.15, -0.1) is 0 Å². The van der Waals surface area contributed by atoms with Crippen LogP contribution in [0.1, 0.15) is 19.3 Å². The summed E-state index contributed by atoms with van der Waals surface area (Å²) >= 11 is 0. The standard InChI is InChI=1S/C7H9F3O/c8-6(9)4-1-2-5(3-4)7(6,10)11/h4-5,11H,1-3H2/t4?,5-,7?/m1/s1. The van der Waals surface area contributed by atoms with Crippen LogP contribution in [0.3, 0.4) is 0 Å². The van der Waals surface area contributed by atoms with Crippen LogP contribution in [0.5, 0.6) is 0 Å². The maximum absolute atomic E-state index is 12.9. The quantitative estimate of drug-likeness (QED) is 0.580. The van der Waals surface area contributed by atoms with Crippen molar-refractivity contribution in [2.45, 2.75) is 31.0 Å². The molecule has 2 saturated carbocycles. The van der Waals surface area contributed by atoms with Gasteiger partial charge in [0, 0.05) is 11.8 Å². The van der Waals surface area contributed by atoms with E-state index in [0.717, 1.165) is 0 Å². The van der Waals surface area contributed by atoms with Crippen LogP contribution in [-0.2, 0) is 0 Å². The van der Waals surface area contributed by atoms with E-state index < -0.39 is 23.6 Å². The molecule has 0 aromatic carbocycles. The first-order valence-corrected chi connectivity index (χ1v) is 3.75. The molecule has 2 bridgehead atoms. The van der Waals surface area contributed by atoms with E-state index in [2.05, 4.69) is 0 Å². The lowest BCUT2D eigenvalue weighted by Gasteiger charge is -2.32. The SMILES string of the molecule is OC1(F)[C@@H]2CCC(C2)C1(F)F. The zero-order valence-corrected chi connectivity index (χ0v) is 5.86. The number of alkyl halides is 3. The molecular formula is C7H9F3O. The normalized spacial score (nSPS) is 53.5. The highest BCUT2D eigenvalue weighted by molar-refractivity contribution is 5.07. The second-order valence-electron chi connectivity index (χ2n) is 3.50. The Morgan fingerprint density at radius 2 is 1.64 bits per heavy atom. The van der Waals surface area contributed by atoms with Crippen molar-refractivity contribution in [2.24, 2.45) is 11.8 Å². The Morgan fingerprint density at radius 1 is 1.09 bits per heavy atom. The first-order chi connectivity index (χ1) is 4.96. The molecule has 0 aliphatic heterocycles. The van der Waals surface area contributed by atoms with Gasteiger partial charge in [0.2, 0.25) is 0 Å². The lowest BCUT2D eigenvalue weighted by Crippen LogP contribution is -2.48. The van der Waals surface area contributed by atoms with Gasteiger partial charge in [-0.25, -0.2) is 4.39 Å². The van der Waals surface area contributed by atoms with Gasteiger partial charge in [0.15, 0.2) is 0 Å². The van der Waals surface area contributed by atoms with Crippen LogP contribution < -0.4 is 0 Å². The fourth-order valence-corrected chi connectivity index (χ4v) is 2.22. The molecular weight excluding hydrogens is 157 g/mol. The van der Waals surface area contributed by atoms with Crippen molar-refractivity contribution in [2.75, 3.05) is 0 Å². The van der Waals surface area contributed by atoms with Crippen molar-refractivity contribution in [1.29, 1.82) is 0 Å². The molecule has 2 unspecified atom stereocenters. The van der Waals surface area contributed by atoms with Gasteiger partial charge in [-0.3, -0.25) is 0 Å². The average Bonchev–Trinajstić information content (AvgIpc) is 2.37. The summed E-state index contributed by atoms with van der Waals surface area (Å²) in [6.07, 6.45) is 0.886. The van der Waals surface area contributed by atoms with E-state index in [1.54, 1.807) is 0 Å². The molecule has 2 rings (SSSR count). The van der Waals surface area contributed by atoms with Crippen LogP contribution >= 0.6 is 0 Å². The van der Waals surface area contributed by atoms with E-state index in [-0.39, 0.29) is 6.42 Å². The molecule has 64 valence electrons. The molecule has 1 N–H and O–H groups in total. The average molecular weight is 166 g/mol. The summed E-state index contributed by atoms with van der Waals surface area (Å²) in [5.41, 5.74) is 0. The van der Waals surface area contributed by atoms with Gasteiger partial charge in [0.25, 0.3) is 5.85 Å². The van der Waals surface area contributed by atoms with Gasteiger partial charge in [-0.05, 0) is 19.3 Å². The first-order valence-electron chi connectivity index (χ1n) is 3.75. The van der Waals surface area contributed by atoms with Gasteiger partial charge in [-0.1, -0.05) is 0 Å². The Labute approximate surface area is 62.2 Å². The minimum absolute atomic E-state index is 0.139. The number of aliphatic hydroxyl groups is 1. The van der Waals surface area contributed by atoms with Gasteiger partial charge in [0.05, 0.1) is 0 Å². The molecule has 0 spiro atoms. The summed E-state index contributed by atoms with van der Waals surface area (Å²) in [4.78, 5) is 0. The fourth-order valence-electron chi connectivity index (χ4n) is 2.22. The monoisotopic (exact) mass is 166 g/mol. The van der Waals surface area contributed by atoms with E-state index in [1.807, 2.05) is 0 Å². The summed E-state index contributed by atoms with van der Waals surface area (Å²) in [5, 5.41) is 8.80. The third-order valence-electron chi connectivity index (χ3n) is 2.95. The van der Waals surface area contributed by atoms with Crippen LogP contribution in [0.4, 0.5) is 13.2 Å². The highest BCUT2D eigenvalue weighted by Crippen LogP contribution is 2.60. The Kier molecular flexibility index (Phi) is 1.17. The number of rotatable bonds is 0. The molecule has 4 heteroatoms. The second kappa shape index (κ2) is 1.73. The number of hydrogen-bond donors (Lipinski definition) is 1. The summed E-state index contributed by atoms with van der Waals surface area (Å²) in [7, 11) is 0. The number of halogens is 3. The molecule has 0 heterocycles. The van der Waals surface area contributed by atoms with Crippen molar-refractivity contribution in [3.05, 3.63) is 0 Å². The highest BCUT2D eigenvalue weighted by atomic mass is 19.3. The van der Waals surface area contributed by atoms with Crippen LogP contribution in [-0.4, -0.2) is 16.9 Å². The smallest absolute Gasteiger partial charge is 0.308 e. The van der Waals surface area contributed by atoms with Crippen LogP contribution in [0, 0.1) is 11.8 Å². The molecule has 1 nitrogen and oxygen atoms in total. The largest absolute Gasteiger partial charge is 0.357 e. The third kappa shape index (κ3) is 0.662. The van der Waals surface area contributed by atoms with Gasteiger partial charge in [0.1, 0.15) is 0 Å². The Balaban J connectivity index is 2.36. The number of hydrogen-bond acceptors (Lipinski definition) is 1. The Bertz CT molecular complexity index is 170. The fraction of sp³-hybridized carbons (Fsp3) is 1.00. The summed E-state index contributed by atoms with van der Waals surface area (Å²) in [6.45, 7) is 0. The molecule has 0 saturated heterocycles. The Morgan fingerprint density at radius 3 is 1.91 bits per heavy atom. The second-order valence-corrected chi connectivity index (χ2v) is 3.50. The van der Waals surface area contributed by atoms with E-state index in [0.29, 0.717) is 12.8 Å². The van der Waals surface area contributed by atoms with Crippen molar-refractivity contribution >= 4 is 0 Å². The molecule has 2 aliphatic rings. The minimum Gasteiger partial charge on any atom is -0.357 e. The van der Waals surface area contributed by atoms with E-state index in [1.165, 1.54) is 0 Å². The topological polar surface area (TPSA) is 20.2 Å². The zero-order chi connectivity index (χ0) is 8.28. The molecule has 11 heavy (non-hydrogen) atoms. The Hall–Kier alpha value is -0.250. The van der Waals surface area contributed by atoms with Crippen LogP contribution in [0.2, 0.25) is 0 Å². The molecule has 0 amide bonds. The van der Waals surface area contributed by atoms with Gasteiger partial charge in [-0.2, -0.15) is 8.78 Å². The van der Waals surface area contributed by atoms with Crippen molar-refractivity contribution in [3.63, 3.8) is 0 Å². The van der Waals surface area contributed by atoms with Crippen LogP contribution in [0.25, 0.3) is 0 Å². The maximum Gasteiger partial charge on any atom is 0.308 e. The molecule has 0 radical (unpaired) electrons. The predicted molar refractivity (Wildman–Crippen MR) is 31.8 cm³/mol. The first kappa shape index (κ1) is 7.40. The minimum atomic E-state index is -3.50. The summed E-state index contributed by atoms with van der Waals surface area (Å²) < 4.78 is 38.5. The summed E-state index contributed by atoms with van der Waals surface area (Å²) in [6, 6.07) is 0. The molecule has 3 atom stereocenters. The van der Waals surface area contributed by atoms with Gasteiger partial charge < -0.3 is 5.11 Å². The van der Waals surface area contributed by atoms with E-state index in [9.17, 15) is 13.2 Å². The molecule has 2 fully saturated rings. The highest BCUT2D eigenvalue weighted by Gasteiger charge is 2.71. The van der Waals surface area contributed by atoms with Crippen molar-refractivity contribution in [3.8, 4) is 0 Å². The van der Waals surface area contributed by atoms with Crippen molar-refractivity contribution in [1.82, 2.24) is 0 Å². The zero-order valence-electron chi connectivity index (χ0n) is 5.86. The maximum atomic E-state index is 12.9. The van der Waals surface area contributed by atoms with Crippen molar-refractivity contribution < 1.29 is 18.3 Å². The third-order valence-corrected chi connectivity index (χ3v) is 2.95. The molecule has 0 aromatic rings. The van der Waals surface area contributed by atoms with Gasteiger partial charge >= 0.3 is 5.92 Å². The summed E-state index contributed by atoms with van der Waals surface area (Å²) in [5.74, 6) is -8.49. The lowest BCUT2D eigenvalue weighted by molar-refractivity contribution is -0.276. The predicted octanol–water partition coefficient (Wildman–Crippen LogP) is 1.71. The van der Waals surface area contributed by atoms with E-state index >= 15 is 0 Å². The molecule has 2 aliphatic carbocycles. The molecule has 0 aromatic heterocycles.